The van der Waals surface area contributed by atoms with Gasteiger partial charge in [0.05, 0.1) is 16.8 Å². The number of hydrogen-bond acceptors (Lipinski definition) is 3. The Bertz CT molecular complexity index is 450. The minimum Gasteiger partial charge on any atom is -0.478 e. The molecule has 18 heavy (non-hydrogen) atoms. The Kier molecular flexibility index (Phi) is 4.09. The van der Waals surface area contributed by atoms with Gasteiger partial charge in [0, 0.05) is 12.5 Å². The van der Waals surface area contributed by atoms with Crippen molar-refractivity contribution < 1.29 is 15.0 Å². The van der Waals surface area contributed by atoms with E-state index >= 15 is 0 Å². The van der Waals surface area contributed by atoms with Crippen molar-refractivity contribution in [3.8, 4) is 0 Å². The van der Waals surface area contributed by atoms with Gasteiger partial charge in [0.15, 0.2) is 0 Å². The summed E-state index contributed by atoms with van der Waals surface area (Å²) in [6.45, 7) is 0.571. The van der Waals surface area contributed by atoms with Crippen LogP contribution in [0.15, 0.2) is 18.2 Å². The number of aromatic carboxylic acids is 1. The first-order valence-electron chi connectivity index (χ1n) is 6.03. The summed E-state index contributed by atoms with van der Waals surface area (Å²) < 4.78 is 0. The Labute approximate surface area is 111 Å². The van der Waals surface area contributed by atoms with E-state index in [-0.39, 0.29) is 22.6 Å². The highest BCUT2D eigenvalue weighted by Crippen LogP contribution is 2.28. The third-order valence-electron chi connectivity index (χ3n) is 3.40. The van der Waals surface area contributed by atoms with Gasteiger partial charge in [-0.25, -0.2) is 4.79 Å². The third-order valence-corrected chi connectivity index (χ3v) is 3.72. The lowest BCUT2D eigenvalue weighted by Gasteiger charge is -2.17. The second-order valence-electron chi connectivity index (χ2n) is 4.61. The molecule has 0 spiro atoms. The van der Waals surface area contributed by atoms with Gasteiger partial charge in [0.2, 0.25) is 0 Å². The standard InChI is InChI=1S/C13H16ClNO3/c14-9-4-2-5-10(12(9)13(17)18)15-7-8-3-1-6-11(8)16/h2,4-5,8,11,15-16H,1,3,6-7H2,(H,17,18). The molecule has 0 aliphatic heterocycles. The monoisotopic (exact) mass is 269 g/mol. The van der Waals surface area contributed by atoms with Gasteiger partial charge in [-0.15, -0.1) is 0 Å². The average Bonchev–Trinajstić information content (AvgIpc) is 2.71. The SMILES string of the molecule is O=C(O)c1c(Cl)cccc1NCC1CCCC1O. The van der Waals surface area contributed by atoms with Crippen LogP contribution < -0.4 is 5.32 Å². The van der Waals surface area contributed by atoms with Crippen molar-refractivity contribution in [3.63, 3.8) is 0 Å². The molecule has 0 radical (unpaired) electrons. The summed E-state index contributed by atoms with van der Waals surface area (Å²) >= 11 is 5.88. The Morgan fingerprint density at radius 1 is 1.44 bits per heavy atom. The smallest absolute Gasteiger partial charge is 0.339 e. The van der Waals surface area contributed by atoms with E-state index in [1.54, 1.807) is 18.2 Å². The largest absolute Gasteiger partial charge is 0.478 e. The van der Waals surface area contributed by atoms with Crippen LogP contribution in [0.3, 0.4) is 0 Å². The van der Waals surface area contributed by atoms with Gasteiger partial charge in [0.1, 0.15) is 5.56 Å². The molecule has 1 saturated carbocycles. The second-order valence-corrected chi connectivity index (χ2v) is 5.01. The van der Waals surface area contributed by atoms with E-state index < -0.39 is 5.97 Å². The summed E-state index contributed by atoms with van der Waals surface area (Å²) in [6.07, 6.45) is 2.53. The van der Waals surface area contributed by atoms with Gasteiger partial charge in [-0.05, 0) is 25.0 Å². The van der Waals surface area contributed by atoms with Crippen molar-refractivity contribution in [1.82, 2.24) is 0 Å². The number of carbonyl (C=O) groups is 1. The summed E-state index contributed by atoms with van der Waals surface area (Å²) in [5.41, 5.74) is 0.598. The number of anilines is 1. The Morgan fingerprint density at radius 3 is 2.83 bits per heavy atom. The number of halogens is 1. The van der Waals surface area contributed by atoms with E-state index in [0.29, 0.717) is 12.2 Å². The van der Waals surface area contributed by atoms with E-state index in [9.17, 15) is 9.90 Å². The fraction of sp³-hybridized carbons (Fsp3) is 0.462. The first-order chi connectivity index (χ1) is 8.59. The maximum atomic E-state index is 11.1. The fourth-order valence-electron chi connectivity index (χ4n) is 2.39. The third kappa shape index (κ3) is 2.76. The summed E-state index contributed by atoms with van der Waals surface area (Å²) in [6, 6.07) is 4.96. The van der Waals surface area contributed by atoms with E-state index in [4.69, 9.17) is 16.7 Å². The zero-order valence-corrected chi connectivity index (χ0v) is 10.7. The van der Waals surface area contributed by atoms with Crippen molar-refractivity contribution in [2.45, 2.75) is 25.4 Å². The molecule has 0 bridgehead atoms. The van der Waals surface area contributed by atoms with E-state index in [1.165, 1.54) is 0 Å². The van der Waals surface area contributed by atoms with Crippen LogP contribution in [-0.4, -0.2) is 28.8 Å². The Balaban J connectivity index is 2.09. The van der Waals surface area contributed by atoms with Gasteiger partial charge >= 0.3 is 5.97 Å². The van der Waals surface area contributed by atoms with Crippen LogP contribution in [0.4, 0.5) is 5.69 Å². The first-order valence-corrected chi connectivity index (χ1v) is 6.41. The molecular weight excluding hydrogens is 254 g/mol. The van der Waals surface area contributed by atoms with Gasteiger partial charge in [-0.1, -0.05) is 24.1 Å². The predicted octanol–water partition coefficient (Wildman–Crippen LogP) is 2.61. The van der Waals surface area contributed by atoms with Gasteiger partial charge in [0.25, 0.3) is 0 Å². The molecule has 1 fully saturated rings. The summed E-state index contributed by atoms with van der Waals surface area (Å²) in [7, 11) is 0. The first kappa shape index (κ1) is 13.2. The molecule has 2 rings (SSSR count). The van der Waals surface area contributed by atoms with E-state index in [0.717, 1.165) is 19.3 Å². The average molecular weight is 270 g/mol. The van der Waals surface area contributed by atoms with Gasteiger partial charge in [-0.2, -0.15) is 0 Å². The maximum Gasteiger partial charge on any atom is 0.339 e. The number of hydrogen-bond donors (Lipinski definition) is 3. The number of benzene rings is 1. The second kappa shape index (κ2) is 5.59. The van der Waals surface area contributed by atoms with Crippen LogP contribution in [-0.2, 0) is 0 Å². The van der Waals surface area contributed by atoms with Crippen LogP contribution >= 0.6 is 11.6 Å². The van der Waals surface area contributed by atoms with Crippen LogP contribution in [0.25, 0.3) is 0 Å². The zero-order chi connectivity index (χ0) is 13.1. The number of rotatable bonds is 4. The Morgan fingerprint density at radius 2 is 2.22 bits per heavy atom. The molecule has 0 amide bonds. The van der Waals surface area contributed by atoms with Crippen molar-refractivity contribution in [2.24, 2.45) is 5.92 Å². The maximum absolute atomic E-state index is 11.1. The van der Waals surface area contributed by atoms with E-state index in [1.807, 2.05) is 0 Å². The molecule has 2 unspecified atom stereocenters. The molecular formula is C13H16ClNO3. The fourth-order valence-corrected chi connectivity index (χ4v) is 2.64. The topological polar surface area (TPSA) is 69.6 Å². The lowest BCUT2D eigenvalue weighted by Crippen LogP contribution is -2.22. The number of aliphatic hydroxyl groups is 1. The minimum absolute atomic E-state index is 0.0895. The molecule has 1 aliphatic carbocycles. The molecule has 0 aromatic heterocycles. The minimum atomic E-state index is -1.05. The summed E-state index contributed by atoms with van der Waals surface area (Å²) in [5.74, 6) is -0.860. The predicted molar refractivity (Wildman–Crippen MR) is 70.2 cm³/mol. The molecule has 1 aliphatic rings. The molecule has 0 heterocycles. The van der Waals surface area contributed by atoms with E-state index in [2.05, 4.69) is 5.32 Å². The van der Waals surface area contributed by atoms with Gasteiger partial charge < -0.3 is 15.5 Å². The Hall–Kier alpha value is -1.26. The molecule has 1 aromatic rings. The molecule has 3 N–H and O–H groups in total. The van der Waals surface area contributed by atoms with Crippen LogP contribution in [0.1, 0.15) is 29.6 Å². The van der Waals surface area contributed by atoms with Crippen molar-refractivity contribution in [3.05, 3.63) is 28.8 Å². The number of carboxylic acid groups (broad SMARTS) is 1. The highest BCUT2D eigenvalue weighted by Gasteiger charge is 2.25. The molecule has 2 atom stereocenters. The highest BCUT2D eigenvalue weighted by atomic mass is 35.5. The number of carboxylic acids is 1. The number of aliphatic hydroxyl groups excluding tert-OH is 1. The van der Waals surface area contributed by atoms with Crippen molar-refractivity contribution >= 4 is 23.3 Å². The zero-order valence-electron chi connectivity index (χ0n) is 9.90. The molecule has 98 valence electrons. The number of nitrogens with one attached hydrogen (secondary N) is 1. The lowest BCUT2D eigenvalue weighted by atomic mass is 10.1. The summed E-state index contributed by atoms with van der Waals surface area (Å²) in [5, 5.41) is 22.1. The van der Waals surface area contributed by atoms with Crippen molar-refractivity contribution in [1.29, 1.82) is 0 Å². The van der Waals surface area contributed by atoms with Crippen molar-refractivity contribution in [2.75, 3.05) is 11.9 Å². The molecule has 1 aromatic carbocycles. The van der Waals surface area contributed by atoms with Crippen LogP contribution in [0, 0.1) is 5.92 Å². The highest BCUT2D eigenvalue weighted by molar-refractivity contribution is 6.34. The van der Waals surface area contributed by atoms with Crippen LogP contribution in [0.5, 0.6) is 0 Å². The quantitative estimate of drug-likeness (QED) is 0.786. The molecule has 4 nitrogen and oxygen atoms in total. The molecule has 0 saturated heterocycles. The van der Waals surface area contributed by atoms with Crippen LogP contribution in [0.2, 0.25) is 5.02 Å². The normalized spacial score (nSPS) is 23.0. The van der Waals surface area contributed by atoms with Gasteiger partial charge in [-0.3, -0.25) is 0 Å². The lowest BCUT2D eigenvalue weighted by molar-refractivity contribution is 0.0698. The summed E-state index contributed by atoms with van der Waals surface area (Å²) in [4.78, 5) is 11.1. The molecule has 5 heteroatoms.